The number of aromatic nitrogens is 3. The zero-order valence-corrected chi connectivity index (χ0v) is 32.0. The molecule has 55 heavy (non-hydrogen) atoms. The molecule has 2 amide bonds. The largest absolute Gasteiger partial charge is 0.476 e. The summed E-state index contributed by atoms with van der Waals surface area (Å²) in [5.74, 6) is -1.16. The summed E-state index contributed by atoms with van der Waals surface area (Å²) in [5, 5.41) is 3.61. The Labute approximate surface area is 317 Å². The summed E-state index contributed by atoms with van der Waals surface area (Å²) in [7, 11) is 3.20. The highest BCUT2D eigenvalue weighted by Gasteiger charge is 2.32. The van der Waals surface area contributed by atoms with E-state index >= 15 is 4.39 Å². The zero-order valence-electron chi connectivity index (χ0n) is 32.0. The number of rotatable bonds is 11. The number of nitrogens with zero attached hydrogens (tertiary/aromatic N) is 5. The molecule has 294 valence electrons. The van der Waals surface area contributed by atoms with Crippen molar-refractivity contribution in [2.75, 3.05) is 33.8 Å². The van der Waals surface area contributed by atoms with Crippen LogP contribution in [0, 0.1) is 5.95 Å². The Morgan fingerprint density at radius 3 is 2.09 bits per heavy atom. The van der Waals surface area contributed by atoms with E-state index in [4.69, 9.17) is 14.2 Å². The van der Waals surface area contributed by atoms with Crippen LogP contribution in [0.1, 0.15) is 64.7 Å². The van der Waals surface area contributed by atoms with Crippen LogP contribution >= 0.6 is 0 Å². The molecule has 0 N–H and O–H groups in total. The fourth-order valence-electron chi connectivity index (χ4n) is 5.26. The Hall–Kier alpha value is -5.73. The summed E-state index contributed by atoms with van der Waals surface area (Å²) < 4.78 is 75.5. The lowest BCUT2D eigenvalue weighted by Gasteiger charge is -2.26. The van der Waals surface area contributed by atoms with Gasteiger partial charge in [-0.15, -0.1) is 5.10 Å². The molecule has 0 atom stereocenters. The van der Waals surface area contributed by atoms with Crippen LogP contribution < -0.4 is 4.74 Å². The number of ether oxygens (including phenoxy) is 3. The third kappa shape index (κ3) is 12.1. The number of carbonyl (C=O) groups is 3. The molecule has 4 aromatic rings. The van der Waals surface area contributed by atoms with Gasteiger partial charge in [-0.05, 0) is 82.0 Å². The molecular weight excluding hydrogens is 722 g/mol. The molecule has 0 unspecified atom stereocenters. The van der Waals surface area contributed by atoms with Gasteiger partial charge in [0.25, 0.3) is 0 Å². The van der Waals surface area contributed by atoms with Gasteiger partial charge in [0, 0.05) is 44.5 Å². The molecular formula is C40H45F4N5O6. The van der Waals surface area contributed by atoms with Crippen molar-refractivity contribution < 1.29 is 46.2 Å². The van der Waals surface area contributed by atoms with Crippen molar-refractivity contribution in [1.29, 1.82) is 0 Å². The van der Waals surface area contributed by atoms with E-state index in [1.165, 1.54) is 58.5 Å². The Kier molecular flexibility index (Phi) is 13.1. The average molecular weight is 768 g/mol. The summed E-state index contributed by atoms with van der Waals surface area (Å²) in [5.41, 5.74) is -0.835. The van der Waals surface area contributed by atoms with Crippen LogP contribution in [0.5, 0.6) is 5.88 Å². The Morgan fingerprint density at radius 2 is 1.51 bits per heavy atom. The molecule has 4 rings (SSSR count). The molecule has 0 saturated heterocycles. The summed E-state index contributed by atoms with van der Waals surface area (Å²) in [6.45, 7) is 10.2. The summed E-state index contributed by atoms with van der Waals surface area (Å²) >= 11 is 0. The van der Waals surface area contributed by atoms with Crippen LogP contribution in [0.4, 0.5) is 27.2 Å². The molecule has 0 aliphatic carbocycles. The van der Waals surface area contributed by atoms with Crippen LogP contribution in [-0.4, -0.2) is 93.8 Å². The number of pyridine rings is 1. The van der Waals surface area contributed by atoms with Gasteiger partial charge in [0.2, 0.25) is 17.7 Å². The first-order valence-corrected chi connectivity index (χ1v) is 17.3. The number of carbonyl (C=O) groups excluding carboxylic acids is 3. The highest BCUT2D eigenvalue weighted by atomic mass is 19.4. The number of allylic oxidation sites excluding steroid dienone is 1. The third-order valence-corrected chi connectivity index (χ3v) is 7.61. The maximum Gasteiger partial charge on any atom is 0.435 e. The number of fused-ring (bicyclic) bond motifs is 1. The van der Waals surface area contributed by atoms with E-state index in [1.807, 2.05) is 0 Å². The molecule has 0 saturated carbocycles. The number of hydrogen-bond donors (Lipinski definition) is 0. The second-order valence-electron chi connectivity index (χ2n) is 14.7. The Morgan fingerprint density at radius 1 is 0.855 bits per heavy atom. The van der Waals surface area contributed by atoms with Gasteiger partial charge >= 0.3 is 18.4 Å². The van der Waals surface area contributed by atoms with Gasteiger partial charge in [-0.2, -0.15) is 22.2 Å². The zero-order chi connectivity index (χ0) is 40.7. The first-order valence-electron chi connectivity index (χ1n) is 17.3. The molecule has 0 spiro atoms. The van der Waals surface area contributed by atoms with Crippen molar-refractivity contribution in [2.24, 2.45) is 0 Å². The number of benzene rings is 2. The highest BCUT2D eigenvalue weighted by molar-refractivity contribution is 6.01. The maximum absolute atomic E-state index is 15.3. The number of amides is 2. The minimum atomic E-state index is -4.63. The fourth-order valence-corrected chi connectivity index (χ4v) is 5.26. The lowest BCUT2D eigenvalue weighted by Crippen LogP contribution is -2.39. The van der Waals surface area contributed by atoms with Gasteiger partial charge < -0.3 is 24.0 Å². The second-order valence-corrected chi connectivity index (χ2v) is 14.7. The smallest absolute Gasteiger partial charge is 0.435 e. The first kappa shape index (κ1) is 42.0. The molecule has 2 aromatic heterocycles. The molecule has 15 heteroatoms. The molecule has 0 aliphatic heterocycles. The minimum absolute atomic E-state index is 0.0370. The Bertz CT molecular complexity index is 2040. The maximum atomic E-state index is 15.3. The van der Waals surface area contributed by atoms with Crippen molar-refractivity contribution in [2.45, 2.75) is 65.3 Å². The van der Waals surface area contributed by atoms with Gasteiger partial charge in [0.15, 0.2) is 0 Å². The second kappa shape index (κ2) is 17.2. The van der Waals surface area contributed by atoms with Crippen LogP contribution in [0.25, 0.3) is 22.0 Å². The van der Waals surface area contributed by atoms with E-state index in [9.17, 15) is 27.6 Å². The average Bonchev–Trinajstić information content (AvgIpc) is 3.41. The number of likely N-dealkylation sites (N-methyl/N-ethyl adjacent to an activating group) is 1. The van der Waals surface area contributed by atoms with Gasteiger partial charge in [0.1, 0.15) is 17.8 Å². The molecule has 2 aromatic carbocycles. The normalized spacial score (nSPS) is 12.7. The molecule has 11 nitrogen and oxygen atoms in total. The molecule has 2 heterocycles. The van der Waals surface area contributed by atoms with Crippen LogP contribution in [0.15, 0.2) is 79.0 Å². The minimum Gasteiger partial charge on any atom is -0.476 e. The summed E-state index contributed by atoms with van der Waals surface area (Å²) in [6, 6.07) is 15.2. The Balaban J connectivity index is 1.71. The van der Waals surface area contributed by atoms with Crippen molar-refractivity contribution in [3.05, 3.63) is 102 Å². The topological polar surface area (TPSA) is 116 Å². The number of hydrogen-bond acceptors (Lipinski definition) is 8. The van der Waals surface area contributed by atoms with Crippen LogP contribution in [0.3, 0.4) is 0 Å². The quantitative estimate of drug-likeness (QED) is 0.0848. The number of halogens is 4. The highest BCUT2D eigenvalue weighted by Crippen LogP contribution is 2.40. The van der Waals surface area contributed by atoms with Crippen molar-refractivity contribution in [3.8, 4) is 5.88 Å². The molecule has 0 radical (unpaired) electrons. The van der Waals surface area contributed by atoms with Crippen LogP contribution in [-0.2, 0) is 14.3 Å². The summed E-state index contributed by atoms with van der Waals surface area (Å²) in [6.07, 6.45) is -3.28. The van der Waals surface area contributed by atoms with E-state index in [0.717, 1.165) is 4.68 Å². The van der Waals surface area contributed by atoms with Gasteiger partial charge in [-0.25, -0.2) is 14.6 Å². The van der Waals surface area contributed by atoms with Crippen molar-refractivity contribution in [3.63, 3.8) is 0 Å². The van der Waals surface area contributed by atoms with Gasteiger partial charge in [-0.3, -0.25) is 4.79 Å². The van der Waals surface area contributed by atoms with Crippen LogP contribution in [0.2, 0.25) is 0 Å². The summed E-state index contributed by atoms with van der Waals surface area (Å²) in [4.78, 5) is 44.8. The van der Waals surface area contributed by atoms with E-state index < -0.39 is 41.9 Å². The number of alkyl halides is 3. The van der Waals surface area contributed by atoms with Crippen molar-refractivity contribution >= 4 is 40.1 Å². The predicted octanol–water partition coefficient (Wildman–Crippen LogP) is 8.53. The van der Waals surface area contributed by atoms with E-state index in [1.54, 1.807) is 86.0 Å². The SMILES string of the molecule is CN(C)C(=O)/C=C/CN(CCOc1ccc(/C(=C(/CC(F)(F)F)c2ccccc2)c2ccc3c(c2)c(F)nn3C(=O)OC(C)(C)C)cn1)C(=O)OC(C)(C)C. The van der Waals surface area contributed by atoms with Gasteiger partial charge in [0.05, 0.1) is 23.9 Å². The lowest BCUT2D eigenvalue weighted by atomic mass is 9.88. The van der Waals surface area contributed by atoms with E-state index in [-0.39, 0.29) is 70.2 Å². The van der Waals surface area contributed by atoms with E-state index in [2.05, 4.69) is 10.1 Å². The monoisotopic (exact) mass is 767 g/mol. The molecule has 0 fully saturated rings. The first-order chi connectivity index (χ1) is 25.6. The fraction of sp³-hybridized carbons (Fsp3) is 0.375. The van der Waals surface area contributed by atoms with Crippen molar-refractivity contribution in [1.82, 2.24) is 24.6 Å². The molecule has 0 bridgehead atoms. The van der Waals surface area contributed by atoms with E-state index in [0.29, 0.717) is 0 Å². The predicted molar refractivity (Wildman–Crippen MR) is 200 cm³/mol. The standard InChI is InChI=1S/C40H45F4N5O6/c1-38(2,3)54-36(51)48(20-12-15-33(50)47(7)8)21-22-53-32-19-17-28(25-45-32)34(30(24-40(42,43)44)26-13-10-9-11-14-26)27-16-18-31-29(23-27)35(41)46-49(31)37(52)55-39(4,5)6/h9-19,23,25H,20-22,24H2,1-8H3/b15-12+,34-30-. The third-order valence-electron chi connectivity index (χ3n) is 7.61. The molecule has 0 aliphatic rings. The van der Waals surface area contributed by atoms with Gasteiger partial charge in [-0.1, -0.05) is 42.5 Å². The lowest BCUT2D eigenvalue weighted by molar-refractivity contribution is -0.124.